The summed E-state index contributed by atoms with van der Waals surface area (Å²) in [5.74, 6) is 0. The van der Waals surface area contributed by atoms with Crippen molar-refractivity contribution < 1.29 is 8.42 Å². The number of nitrogens with zero attached hydrogens (tertiary/aromatic N) is 1. The van der Waals surface area contributed by atoms with Crippen LogP contribution in [0.1, 0.15) is 13.8 Å². The molecule has 0 aromatic carbocycles. The molecule has 10 heavy (non-hydrogen) atoms. The molecule has 0 atom stereocenters. The Bertz CT molecular complexity index is 189. The van der Waals surface area contributed by atoms with Crippen LogP contribution in [0.4, 0.5) is 0 Å². The highest BCUT2D eigenvalue weighted by molar-refractivity contribution is 9.50. The van der Waals surface area contributed by atoms with E-state index in [1.54, 1.807) is 0 Å². The molecule has 0 saturated heterocycles. The predicted octanol–water partition coefficient (Wildman–Crippen LogP) is 1.61. The molecule has 0 bridgehead atoms. The fraction of sp³-hybridized carbons (Fsp3) is 1.00. The van der Waals surface area contributed by atoms with Gasteiger partial charge in [0.2, 0.25) is 10.0 Å². The van der Waals surface area contributed by atoms with Crippen LogP contribution in [0.15, 0.2) is 0 Å². The highest BCUT2D eigenvalue weighted by Gasteiger charge is 2.19. The molecule has 0 amide bonds. The lowest BCUT2D eigenvalue weighted by molar-refractivity contribution is 0.509. The van der Waals surface area contributed by atoms with Crippen LogP contribution in [-0.4, -0.2) is 24.4 Å². The van der Waals surface area contributed by atoms with Crippen molar-refractivity contribution in [2.45, 2.75) is 19.9 Å². The highest BCUT2D eigenvalue weighted by atomic mass is 79.9. The molecule has 0 aromatic heterocycles. The summed E-state index contributed by atoms with van der Waals surface area (Å²) in [7, 11) is -2.02. The molecule has 0 unspecified atom stereocenters. The fourth-order valence-corrected chi connectivity index (χ4v) is 4.78. The first-order valence-corrected chi connectivity index (χ1v) is 7.14. The van der Waals surface area contributed by atoms with E-state index >= 15 is 0 Å². The molecule has 0 fully saturated rings. The zero-order valence-electron chi connectivity index (χ0n) is 6.04. The van der Waals surface area contributed by atoms with Gasteiger partial charge < -0.3 is 0 Å². The summed E-state index contributed by atoms with van der Waals surface area (Å²) >= 11 is 3.02. The number of rotatable bonds is 3. The van der Waals surface area contributed by atoms with Crippen LogP contribution >= 0.6 is 25.2 Å². The molecule has 0 radical (unpaired) electrons. The maximum Gasteiger partial charge on any atom is 0.221 e. The minimum Gasteiger partial charge on any atom is -0.212 e. The summed E-state index contributed by atoms with van der Waals surface area (Å²) in [4.78, 5) is 0. The van der Waals surface area contributed by atoms with Gasteiger partial charge in [0.1, 0.15) is 0 Å². The summed E-state index contributed by atoms with van der Waals surface area (Å²) in [6, 6.07) is -0.0145. The number of halogens is 1. The van der Waals surface area contributed by atoms with E-state index in [-0.39, 0.29) is 6.04 Å². The fourth-order valence-electron chi connectivity index (χ4n) is 0.514. The van der Waals surface area contributed by atoms with E-state index in [1.165, 1.54) is 9.97 Å². The Labute approximate surface area is 73.6 Å². The first-order valence-electron chi connectivity index (χ1n) is 2.67. The Balaban J connectivity index is 4.38. The molecular weight excluding hydrogens is 238 g/mol. The van der Waals surface area contributed by atoms with Crippen LogP contribution in [0.5, 0.6) is 0 Å². The second-order valence-electron chi connectivity index (χ2n) is 2.18. The number of hydrogen-bond donors (Lipinski definition) is 0. The summed E-state index contributed by atoms with van der Waals surface area (Å²) < 4.78 is 23.0. The number of sulfonamides is 1. The largest absolute Gasteiger partial charge is 0.221 e. The normalized spacial score (nSPS) is 13.0. The van der Waals surface area contributed by atoms with Gasteiger partial charge in [0.05, 0.1) is 6.26 Å². The van der Waals surface area contributed by atoms with Crippen LogP contribution in [-0.2, 0) is 10.0 Å². The van der Waals surface area contributed by atoms with Crippen molar-refractivity contribution in [1.29, 1.82) is 0 Å². The molecule has 0 aromatic rings. The van der Waals surface area contributed by atoms with E-state index in [0.29, 0.717) is 0 Å². The zero-order valence-corrected chi connectivity index (χ0v) is 9.25. The summed E-state index contributed by atoms with van der Waals surface area (Å²) in [6.45, 7) is 3.63. The maximum absolute atomic E-state index is 10.9. The third-order valence-corrected chi connectivity index (χ3v) is 5.00. The van der Waals surface area contributed by atoms with Crippen molar-refractivity contribution >= 4 is 35.2 Å². The average Bonchev–Trinajstić information content (AvgIpc) is 1.60. The van der Waals surface area contributed by atoms with Crippen molar-refractivity contribution in [3.63, 3.8) is 0 Å². The van der Waals surface area contributed by atoms with Gasteiger partial charge >= 0.3 is 0 Å². The van der Waals surface area contributed by atoms with E-state index in [0.717, 1.165) is 10.4 Å². The Morgan fingerprint density at radius 1 is 1.50 bits per heavy atom. The van der Waals surface area contributed by atoms with E-state index in [9.17, 15) is 8.42 Å². The van der Waals surface area contributed by atoms with E-state index < -0.39 is 10.0 Å². The van der Waals surface area contributed by atoms with Gasteiger partial charge in [0.15, 0.2) is 0 Å². The topological polar surface area (TPSA) is 37.4 Å². The molecule has 0 aliphatic carbocycles. The highest BCUT2D eigenvalue weighted by Crippen LogP contribution is 2.23. The van der Waals surface area contributed by atoms with Gasteiger partial charge in [-0.2, -0.15) is 0 Å². The first-order chi connectivity index (χ1) is 4.39. The Kier molecular flexibility index (Phi) is 4.23. The molecule has 0 aliphatic heterocycles. The maximum atomic E-state index is 10.9. The molecule has 0 N–H and O–H groups in total. The lowest BCUT2D eigenvalue weighted by atomic mass is 10.4. The molecule has 3 nitrogen and oxygen atoms in total. The van der Waals surface area contributed by atoms with Crippen molar-refractivity contribution in [2.75, 3.05) is 6.26 Å². The standard InChI is InChI=1S/C4H10BrNO2S2/c1-4(2)6(9-5)10(3,7)8/h4H,1-3H3. The van der Waals surface area contributed by atoms with Crippen molar-refractivity contribution in [1.82, 2.24) is 3.71 Å². The monoisotopic (exact) mass is 247 g/mol. The van der Waals surface area contributed by atoms with E-state index in [4.69, 9.17) is 0 Å². The Morgan fingerprint density at radius 3 is 1.90 bits per heavy atom. The molecule has 0 saturated carbocycles. The predicted molar refractivity (Wildman–Crippen MR) is 48.3 cm³/mol. The first kappa shape index (κ1) is 10.7. The van der Waals surface area contributed by atoms with Gasteiger partial charge in [0, 0.05) is 31.2 Å². The second-order valence-corrected chi connectivity index (χ2v) is 5.67. The molecule has 0 rings (SSSR count). The van der Waals surface area contributed by atoms with Crippen LogP contribution in [0.2, 0.25) is 0 Å². The van der Waals surface area contributed by atoms with E-state index in [1.807, 2.05) is 13.8 Å². The lowest BCUT2D eigenvalue weighted by Crippen LogP contribution is -2.28. The summed E-state index contributed by atoms with van der Waals surface area (Å²) in [5, 5.41) is 0. The molecular formula is C4H10BrNO2S2. The number of hydrogen-bond acceptors (Lipinski definition) is 3. The summed E-state index contributed by atoms with van der Waals surface area (Å²) in [5.41, 5.74) is 0. The SMILES string of the molecule is CC(C)N(SBr)S(C)(=O)=O. The molecule has 0 spiro atoms. The van der Waals surface area contributed by atoms with Gasteiger partial charge in [-0.15, -0.1) is 3.71 Å². The van der Waals surface area contributed by atoms with Crippen molar-refractivity contribution in [3.8, 4) is 0 Å². The van der Waals surface area contributed by atoms with Gasteiger partial charge in [-0.25, -0.2) is 8.42 Å². The smallest absolute Gasteiger partial charge is 0.212 e. The van der Waals surface area contributed by atoms with Crippen LogP contribution < -0.4 is 0 Å². The summed E-state index contributed by atoms with van der Waals surface area (Å²) in [6.07, 6.45) is 1.18. The van der Waals surface area contributed by atoms with Crippen LogP contribution in [0, 0.1) is 0 Å². The van der Waals surface area contributed by atoms with Gasteiger partial charge in [0.25, 0.3) is 0 Å². The van der Waals surface area contributed by atoms with Crippen molar-refractivity contribution in [2.24, 2.45) is 0 Å². The molecule has 62 valence electrons. The van der Waals surface area contributed by atoms with E-state index in [2.05, 4.69) is 14.8 Å². The third-order valence-electron chi connectivity index (χ3n) is 0.817. The third kappa shape index (κ3) is 3.23. The minimum atomic E-state index is -3.06. The van der Waals surface area contributed by atoms with Crippen LogP contribution in [0.3, 0.4) is 0 Å². The zero-order chi connectivity index (χ0) is 8.36. The Hall–Kier alpha value is 0.740. The quantitative estimate of drug-likeness (QED) is 0.712. The molecule has 0 aliphatic rings. The molecule has 0 heterocycles. The average molecular weight is 248 g/mol. The van der Waals surface area contributed by atoms with Gasteiger partial charge in [-0.3, -0.25) is 0 Å². The van der Waals surface area contributed by atoms with Crippen molar-refractivity contribution in [3.05, 3.63) is 0 Å². The van der Waals surface area contributed by atoms with Crippen LogP contribution in [0.25, 0.3) is 0 Å². The lowest BCUT2D eigenvalue weighted by Gasteiger charge is -2.18. The van der Waals surface area contributed by atoms with Gasteiger partial charge in [-0.1, -0.05) is 0 Å². The van der Waals surface area contributed by atoms with Gasteiger partial charge in [-0.05, 0) is 13.8 Å². The second kappa shape index (κ2) is 3.94. The Morgan fingerprint density at radius 2 is 1.90 bits per heavy atom. The molecule has 6 heteroatoms. The minimum absolute atomic E-state index is 0.0145.